The van der Waals surface area contributed by atoms with Crippen molar-refractivity contribution in [3.8, 4) is 0 Å². The second-order valence-electron chi connectivity index (χ2n) is 9.26. The van der Waals surface area contributed by atoms with E-state index in [0.717, 1.165) is 14.8 Å². The van der Waals surface area contributed by atoms with Crippen molar-refractivity contribution in [2.24, 2.45) is 17.8 Å². The lowest BCUT2D eigenvalue weighted by Crippen LogP contribution is -2.45. The molecule has 2 fully saturated rings. The molecular weight excluding hydrogens is 487 g/mol. The van der Waals surface area contributed by atoms with Gasteiger partial charge in [-0.2, -0.15) is 13.2 Å². The number of aliphatic hydroxyl groups is 1. The minimum atomic E-state index is -5.02. The molecule has 2 aliphatic carbocycles. The Morgan fingerprint density at radius 3 is 2.56 bits per heavy atom. The molecule has 34 heavy (non-hydrogen) atoms. The van der Waals surface area contributed by atoms with E-state index in [1.807, 2.05) is 6.08 Å². The number of anilines is 2. The molecule has 4 atom stereocenters. The molecule has 0 aromatic carbocycles. The van der Waals surface area contributed by atoms with Gasteiger partial charge in [-0.25, -0.2) is 22.4 Å². The third-order valence-electron chi connectivity index (χ3n) is 7.00. The van der Waals surface area contributed by atoms with Crippen molar-refractivity contribution in [2.45, 2.75) is 31.0 Å². The molecule has 0 spiro atoms. The van der Waals surface area contributed by atoms with Gasteiger partial charge in [0, 0.05) is 39.0 Å². The van der Waals surface area contributed by atoms with Gasteiger partial charge in [0.1, 0.15) is 5.69 Å². The standard InChI is InChI=1S/C20H23F5N4O4S/c1-27-17-15(29(34(27,32)33)9-13-6-19(13,21)22)3-2-14(26-17)10-4-11-7-28(8-12(11)5-10)18(31)16(30)20(23,24)25/h2-4,11-13,16,30,32-33H,5-9H2,1H3/t11?,12?,13?,16-/m0/s1. The molecule has 3 heterocycles. The van der Waals surface area contributed by atoms with Crippen LogP contribution in [0.3, 0.4) is 0 Å². The van der Waals surface area contributed by atoms with Gasteiger partial charge in [0.25, 0.3) is 11.8 Å². The van der Waals surface area contributed by atoms with E-state index in [4.69, 9.17) is 0 Å². The number of amides is 1. The molecule has 1 saturated heterocycles. The van der Waals surface area contributed by atoms with E-state index in [1.54, 1.807) is 12.1 Å². The summed E-state index contributed by atoms with van der Waals surface area (Å²) in [5.41, 5.74) is 1.67. The lowest BCUT2D eigenvalue weighted by Gasteiger charge is -2.41. The van der Waals surface area contributed by atoms with E-state index in [-0.39, 0.29) is 43.7 Å². The van der Waals surface area contributed by atoms with Crippen LogP contribution < -0.4 is 8.61 Å². The molecule has 3 N–H and O–H groups in total. The SMILES string of the molecule is CN1c2nc(C3=CC4CN(C(=O)[C@H](O)C(F)(F)F)CC4C3)ccc2N(CC2CC2(F)F)S1(O)O. The van der Waals surface area contributed by atoms with Gasteiger partial charge >= 0.3 is 6.18 Å². The number of carbonyl (C=O) groups is 1. The Labute approximate surface area is 193 Å². The first-order valence-corrected chi connectivity index (χ1v) is 12.1. The van der Waals surface area contributed by atoms with Crippen LogP contribution in [0.2, 0.25) is 0 Å². The highest BCUT2D eigenvalue weighted by atomic mass is 32.3. The summed E-state index contributed by atoms with van der Waals surface area (Å²) in [5.74, 6) is -5.22. The average Bonchev–Trinajstić information content (AvgIpc) is 3.05. The van der Waals surface area contributed by atoms with E-state index in [0.29, 0.717) is 17.8 Å². The molecule has 1 saturated carbocycles. The Morgan fingerprint density at radius 1 is 1.29 bits per heavy atom. The van der Waals surface area contributed by atoms with Crippen molar-refractivity contribution in [3.05, 3.63) is 23.9 Å². The summed E-state index contributed by atoms with van der Waals surface area (Å²) in [7, 11) is -2.11. The number of nitrogens with zero attached hydrogens (tertiary/aromatic N) is 4. The predicted octanol–water partition coefficient (Wildman–Crippen LogP) is 3.36. The number of hydrogen-bond donors (Lipinski definition) is 3. The minimum absolute atomic E-state index is 0.0505. The van der Waals surface area contributed by atoms with Crippen molar-refractivity contribution in [1.29, 1.82) is 0 Å². The van der Waals surface area contributed by atoms with Crippen molar-refractivity contribution < 1.29 is 41.0 Å². The van der Waals surface area contributed by atoms with Crippen LogP contribution in [0.15, 0.2) is 18.2 Å². The molecule has 4 aliphatic rings. The highest BCUT2D eigenvalue weighted by molar-refractivity contribution is 8.26. The lowest BCUT2D eigenvalue weighted by molar-refractivity contribution is -0.210. The molecule has 2 aliphatic heterocycles. The summed E-state index contributed by atoms with van der Waals surface area (Å²) in [6.07, 6.45) is -6.08. The molecule has 1 amide bonds. The van der Waals surface area contributed by atoms with Gasteiger partial charge in [-0.15, -0.1) is 0 Å². The third-order valence-corrected chi connectivity index (χ3v) is 8.85. The van der Waals surface area contributed by atoms with Gasteiger partial charge in [-0.1, -0.05) is 6.08 Å². The fourth-order valence-electron chi connectivity index (χ4n) is 4.90. The van der Waals surface area contributed by atoms with E-state index in [1.165, 1.54) is 11.4 Å². The molecule has 0 bridgehead atoms. The highest BCUT2D eigenvalue weighted by Crippen LogP contribution is 2.62. The monoisotopic (exact) mass is 510 g/mol. The zero-order valence-electron chi connectivity index (χ0n) is 17.9. The van der Waals surface area contributed by atoms with Crippen LogP contribution in [-0.4, -0.2) is 74.9 Å². The number of pyridine rings is 1. The van der Waals surface area contributed by atoms with Crippen molar-refractivity contribution in [1.82, 2.24) is 9.88 Å². The third kappa shape index (κ3) is 3.71. The Bertz CT molecular complexity index is 1070. The number of hydrogen-bond acceptors (Lipinski definition) is 7. The highest BCUT2D eigenvalue weighted by Gasteiger charge is 2.59. The van der Waals surface area contributed by atoms with Gasteiger partial charge in [0.15, 0.2) is 5.82 Å². The van der Waals surface area contributed by atoms with Gasteiger partial charge < -0.3 is 10.0 Å². The minimum Gasteiger partial charge on any atom is -0.376 e. The topological polar surface area (TPSA) is 100 Å². The normalized spacial score (nSPS) is 30.7. The maximum Gasteiger partial charge on any atom is 0.423 e. The molecule has 0 radical (unpaired) electrons. The summed E-state index contributed by atoms with van der Waals surface area (Å²) in [6.45, 7) is -0.0888. The quantitative estimate of drug-likeness (QED) is 0.534. The number of allylic oxidation sites excluding steroid dienone is 1. The number of aliphatic hydroxyl groups excluding tert-OH is 1. The second-order valence-corrected chi connectivity index (χ2v) is 11.2. The first kappa shape index (κ1) is 23.6. The van der Waals surface area contributed by atoms with Crippen molar-refractivity contribution in [2.75, 3.05) is 35.3 Å². The maximum absolute atomic E-state index is 13.4. The van der Waals surface area contributed by atoms with Crippen LogP contribution in [0.25, 0.3) is 5.57 Å². The van der Waals surface area contributed by atoms with Crippen molar-refractivity contribution >= 4 is 33.9 Å². The largest absolute Gasteiger partial charge is 0.423 e. The van der Waals surface area contributed by atoms with Crippen LogP contribution in [0.1, 0.15) is 18.5 Å². The number of carbonyl (C=O) groups excluding carboxylic acids is 1. The molecule has 14 heteroatoms. The molecule has 8 nitrogen and oxygen atoms in total. The van der Waals surface area contributed by atoms with E-state index >= 15 is 0 Å². The number of likely N-dealkylation sites (tertiary alicyclic amines) is 1. The summed E-state index contributed by atoms with van der Waals surface area (Å²) >= 11 is 0. The van der Waals surface area contributed by atoms with Gasteiger partial charge in [-0.05, 0) is 46.9 Å². The fraction of sp³-hybridized carbons (Fsp3) is 0.600. The number of halogens is 5. The second kappa shape index (κ2) is 7.42. The van der Waals surface area contributed by atoms with E-state index < -0.39 is 41.0 Å². The molecule has 1 aromatic heterocycles. The molecular formula is C20H23F5N4O4S. The maximum atomic E-state index is 13.4. The number of aromatic nitrogens is 1. The molecule has 1 aromatic rings. The van der Waals surface area contributed by atoms with Crippen LogP contribution in [0.4, 0.5) is 33.5 Å². The molecule has 3 unspecified atom stereocenters. The smallest absolute Gasteiger partial charge is 0.376 e. The van der Waals surface area contributed by atoms with Crippen molar-refractivity contribution in [3.63, 3.8) is 0 Å². The fourth-order valence-corrected chi connectivity index (χ4v) is 6.35. The Balaban J connectivity index is 1.33. The summed E-state index contributed by atoms with van der Waals surface area (Å²) in [5, 5.41) is 9.24. The summed E-state index contributed by atoms with van der Waals surface area (Å²) in [4.78, 5) is 17.5. The number of alkyl halides is 5. The Hall–Kier alpha value is -2.16. The van der Waals surface area contributed by atoms with E-state index in [9.17, 15) is 41.0 Å². The zero-order chi connectivity index (χ0) is 24.8. The Morgan fingerprint density at radius 2 is 1.97 bits per heavy atom. The van der Waals surface area contributed by atoms with Crippen LogP contribution in [0, 0.1) is 17.8 Å². The van der Waals surface area contributed by atoms with Crippen LogP contribution in [-0.2, 0) is 4.79 Å². The predicted molar refractivity (Wildman–Crippen MR) is 114 cm³/mol. The van der Waals surface area contributed by atoms with Crippen LogP contribution in [0.5, 0.6) is 0 Å². The molecule has 5 rings (SSSR count). The average molecular weight is 510 g/mol. The van der Waals surface area contributed by atoms with Crippen LogP contribution >= 0.6 is 11.0 Å². The van der Waals surface area contributed by atoms with Gasteiger partial charge in [-0.3, -0.25) is 13.9 Å². The summed E-state index contributed by atoms with van der Waals surface area (Å²) < 4.78 is 88.4. The lowest BCUT2D eigenvalue weighted by atomic mass is 9.99. The van der Waals surface area contributed by atoms with E-state index in [2.05, 4.69) is 4.98 Å². The zero-order valence-corrected chi connectivity index (χ0v) is 18.7. The van der Waals surface area contributed by atoms with Gasteiger partial charge in [0.2, 0.25) is 6.10 Å². The number of rotatable bonds is 4. The Kier molecular flexibility index (Phi) is 5.14. The van der Waals surface area contributed by atoms with Gasteiger partial charge in [0.05, 0.1) is 5.69 Å². The number of fused-ring (bicyclic) bond motifs is 2. The molecule has 188 valence electrons. The first-order valence-electron chi connectivity index (χ1n) is 10.6. The first-order chi connectivity index (χ1) is 15.7. The summed E-state index contributed by atoms with van der Waals surface area (Å²) in [6, 6.07) is 3.25.